The van der Waals surface area contributed by atoms with Crippen molar-refractivity contribution in [2.75, 3.05) is 13.2 Å². The number of aliphatic hydroxyl groups is 1. The summed E-state index contributed by atoms with van der Waals surface area (Å²) in [5, 5.41) is 8.95. The van der Waals surface area contributed by atoms with E-state index in [0.717, 1.165) is 18.9 Å². The maximum atomic E-state index is 11.7. The summed E-state index contributed by atoms with van der Waals surface area (Å²) in [7, 11) is 0. The highest BCUT2D eigenvalue weighted by atomic mass is 16.6. The van der Waals surface area contributed by atoms with Crippen LogP contribution in [0.25, 0.3) is 0 Å². The van der Waals surface area contributed by atoms with Crippen LogP contribution in [-0.4, -0.2) is 35.9 Å². The molecule has 90 valence electrons. The number of hydrogen-bond donors (Lipinski definition) is 1. The minimum absolute atomic E-state index is 0.0609. The summed E-state index contributed by atoms with van der Waals surface area (Å²) in [6.45, 7) is 3.37. The molecule has 1 rings (SSSR count). The van der Waals surface area contributed by atoms with Gasteiger partial charge in [-0.2, -0.15) is 0 Å². The Kier molecular flexibility index (Phi) is 4.49. The summed E-state index contributed by atoms with van der Waals surface area (Å²) in [6, 6.07) is 0. The Morgan fingerprint density at radius 3 is 3.00 bits per heavy atom. The molecule has 0 amide bonds. The topological polar surface area (TPSA) is 72.8 Å². The van der Waals surface area contributed by atoms with Gasteiger partial charge in [0.1, 0.15) is 0 Å². The molecule has 0 aliphatic carbocycles. The smallest absolute Gasteiger partial charge is 0.350 e. The molecule has 1 aliphatic heterocycles. The zero-order chi connectivity index (χ0) is 12.0. The highest BCUT2D eigenvalue weighted by molar-refractivity contribution is 5.87. The van der Waals surface area contributed by atoms with Crippen molar-refractivity contribution in [1.29, 1.82) is 0 Å². The molecule has 16 heavy (non-hydrogen) atoms. The lowest BCUT2D eigenvalue weighted by Crippen LogP contribution is -2.44. The molecule has 0 aromatic heterocycles. The molecule has 1 N–H and O–H groups in total. The van der Waals surface area contributed by atoms with Gasteiger partial charge in [0.15, 0.2) is 0 Å². The Morgan fingerprint density at radius 2 is 2.38 bits per heavy atom. The molecule has 0 aromatic rings. The Hall–Kier alpha value is -1.36. The standard InChI is InChI=1S/C11H16O5/c1-2-9(13)16-11(6-7-12)5-3-4-8-15-10(11)14/h2,12H,1,3-8H2. The maximum Gasteiger partial charge on any atom is 0.350 e. The van der Waals surface area contributed by atoms with Gasteiger partial charge in [0.25, 0.3) is 0 Å². The predicted octanol–water partition coefficient (Wildman–Crippen LogP) is 0.564. The highest BCUT2D eigenvalue weighted by Gasteiger charge is 2.44. The second-order valence-electron chi connectivity index (χ2n) is 3.69. The molecule has 1 unspecified atom stereocenters. The van der Waals surface area contributed by atoms with E-state index in [4.69, 9.17) is 14.6 Å². The van der Waals surface area contributed by atoms with Crippen LogP contribution in [0.3, 0.4) is 0 Å². The minimum atomic E-state index is -1.34. The third-order valence-electron chi connectivity index (χ3n) is 2.56. The van der Waals surface area contributed by atoms with E-state index in [1.807, 2.05) is 0 Å². The molecular weight excluding hydrogens is 212 g/mol. The zero-order valence-electron chi connectivity index (χ0n) is 9.11. The van der Waals surface area contributed by atoms with Gasteiger partial charge in [0.2, 0.25) is 5.60 Å². The lowest BCUT2D eigenvalue weighted by atomic mass is 9.94. The van der Waals surface area contributed by atoms with Crippen molar-refractivity contribution in [2.24, 2.45) is 0 Å². The van der Waals surface area contributed by atoms with Crippen molar-refractivity contribution in [3.8, 4) is 0 Å². The van der Waals surface area contributed by atoms with Crippen molar-refractivity contribution < 1.29 is 24.2 Å². The van der Waals surface area contributed by atoms with E-state index in [9.17, 15) is 9.59 Å². The first-order valence-electron chi connectivity index (χ1n) is 5.28. The van der Waals surface area contributed by atoms with Gasteiger partial charge in [0, 0.05) is 19.1 Å². The summed E-state index contributed by atoms with van der Waals surface area (Å²) >= 11 is 0. The van der Waals surface area contributed by atoms with E-state index in [1.165, 1.54) is 0 Å². The Balaban J connectivity index is 2.86. The fourth-order valence-electron chi connectivity index (χ4n) is 1.70. The van der Waals surface area contributed by atoms with Crippen molar-refractivity contribution in [3.05, 3.63) is 12.7 Å². The van der Waals surface area contributed by atoms with E-state index < -0.39 is 17.5 Å². The second kappa shape index (κ2) is 5.65. The first kappa shape index (κ1) is 12.7. The molecule has 5 nitrogen and oxygen atoms in total. The van der Waals surface area contributed by atoms with Gasteiger partial charge in [-0.05, 0) is 19.3 Å². The van der Waals surface area contributed by atoms with Gasteiger partial charge in [-0.1, -0.05) is 6.58 Å². The Morgan fingerprint density at radius 1 is 1.62 bits per heavy atom. The largest absolute Gasteiger partial charge is 0.463 e. The summed E-state index contributed by atoms with van der Waals surface area (Å²) in [5.41, 5.74) is -1.34. The van der Waals surface area contributed by atoms with E-state index in [0.29, 0.717) is 13.0 Å². The number of carbonyl (C=O) groups excluding carboxylic acids is 2. The Bertz CT molecular complexity index is 286. The first-order chi connectivity index (χ1) is 7.64. The number of aliphatic hydroxyl groups excluding tert-OH is 1. The molecule has 0 bridgehead atoms. The van der Waals surface area contributed by atoms with Gasteiger partial charge >= 0.3 is 11.9 Å². The van der Waals surface area contributed by atoms with E-state index >= 15 is 0 Å². The van der Waals surface area contributed by atoms with E-state index in [2.05, 4.69) is 6.58 Å². The van der Waals surface area contributed by atoms with Crippen LogP contribution in [0, 0.1) is 0 Å². The van der Waals surface area contributed by atoms with Gasteiger partial charge in [-0.25, -0.2) is 9.59 Å². The number of ether oxygens (including phenoxy) is 2. The predicted molar refractivity (Wildman–Crippen MR) is 55.5 cm³/mol. The molecule has 5 heteroatoms. The van der Waals surface area contributed by atoms with Gasteiger partial charge in [-0.15, -0.1) is 0 Å². The molecule has 0 radical (unpaired) electrons. The van der Waals surface area contributed by atoms with Crippen molar-refractivity contribution in [2.45, 2.75) is 31.3 Å². The molecule has 1 heterocycles. The van der Waals surface area contributed by atoms with E-state index in [1.54, 1.807) is 0 Å². The minimum Gasteiger partial charge on any atom is -0.463 e. The van der Waals surface area contributed by atoms with Crippen molar-refractivity contribution >= 4 is 11.9 Å². The fraction of sp³-hybridized carbons (Fsp3) is 0.636. The number of esters is 2. The average Bonchev–Trinajstić information content (AvgIpc) is 2.43. The van der Waals surface area contributed by atoms with Crippen LogP contribution in [0.5, 0.6) is 0 Å². The second-order valence-corrected chi connectivity index (χ2v) is 3.69. The van der Waals surface area contributed by atoms with Crippen molar-refractivity contribution in [3.63, 3.8) is 0 Å². The van der Waals surface area contributed by atoms with Crippen LogP contribution in [-0.2, 0) is 19.1 Å². The number of cyclic esters (lactones) is 1. The fourth-order valence-corrected chi connectivity index (χ4v) is 1.70. The monoisotopic (exact) mass is 228 g/mol. The molecule has 1 atom stereocenters. The molecule has 0 spiro atoms. The molecule has 0 aromatic carbocycles. The van der Waals surface area contributed by atoms with Crippen LogP contribution in [0.4, 0.5) is 0 Å². The average molecular weight is 228 g/mol. The van der Waals surface area contributed by atoms with Crippen LogP contribution in [0.15, 0.2) is 12.7 Å². The normalized spacial score (nSPS) is 25.4. The number of carbonyl (C=O) groups is 2. The quantitative estimate of drug-likeness (QED) is 0.562. The highest BCUT2D eigenvalue weighted by Crippen LogP contribution is 2.28. The lowest BCUT2D eigenvalue weighted by molar-refractivity contribution is -0.180. The SMILES string of the molecule is C=CC(=O)OC1(CCO)CCCCOC1=O. The van der Waals surface area contributed by atoms with Crippen molar-refractivity contribution in [1.82, 2.24) is 0 Å². The number of rotatable bonds is 4. The Labute approximate surface area is 94.0 Å². The molecular formula is C11H16O5. The first-order valence-corrected chi connectivity index (χ1v) is 5.28. The third kappa shape index (κ3) is 2.82. The number of hydrogen-bond acceptors (Lipinski definition) is 5. The van der Waals surface area contributed by atoms with Crippen LogP contribution < -0.4 is 0 Å². The molecule has 1 saturated heterocycles. The maximum absolute atomic E-state index is 11.7. The summed E-state index contributed by atoms with van der Waals surface area (Å²) in [5.74, 6) is -1.25. The van der Waals surface area contributed by atoms with Crippen LogP contribution in [0.1, 0.15) is 25.7 Å². The van der Waals surface area contributed by atoms with E-state index in [-0.39, 0.29) is 13.0 Å². The van der Waals surface area contributed by atoms with Crippen LogP contribution in [0.2, 0.25) is 0 Å². The van der Waals surface area contributed by atoms with Gasteiger partial charge in [-0.3, -0.25) is 0 Å². The van der Waals surface area contributed by atoms with Gasteiger partial charge < -0.3 is 14.6 Å². The zero-order valence-corrected chi connectivity index (χ0v) is 9.11. The molecule has 0 saturated carbocycles. The lowest BCUT2D eigenvalue weighted by Gasteiger charge is -2.28. The summed E-state index contributed by atoms with van der Waals surface area (Å²) < 4.78 is 10.0. The molecule has 1 aliphatic rings. The summed E-state index contributed by atoms with van der Waals surface area (Å²) in [6.07, 6.45) is 2.90. The van der Waals surface area contributed by atoms with Crippen LogP contribution >= 0.6 is 0 Å². The third-order valence-corrected chi connectivity index (χ3v) is 2.56. The molecule has 1 fully saturated rings. The van der Waals surface area contributed by atoms with Gasteiger partial charge in [0.05, 0.1) is 6.61 Å². The summed E-state index contributed by atoms with van der Waals surface area (Å²) in [4.78, 5) is 22.9.